The third kappa shape index (κ3) is 7.04. The second-order valence-electron chi connectivity index (χ2n) is 8.88. The van der Waals surface area contributed by atoms with E-state index >= 15 is 4.39 Å². The average molecular weight is 576 g/mol. The van der Waals surface area contributed by atoms with Crippen LogP contribution in [0.3, 0.4) is 0 Å². The molecular weight excluding hydrogens is 548 g/mol. The number of aromatic nitrogens is 2. The largest absolute Gasteiger partial charge is 0.583 e. The van der Waals surface area contributed by atoms with Crippen molar-refractivity contribution in [3.63, 3.8) is 0 Å². The van der Waals surface area contributed by atoms with E-state index in [2.05, 4.69) is 4.74 Å². The lowest BCUT2D eigenvalue weighted by atomic mass is 9.98. The van der Waals surface area contributed by atoms with Crippen LogP contribution in [0.25, 0.3) is 0 Å². The van der Waals surface area contributed by atoms with Crippen molar-refractivity contribution in [1.29, 1.82) is 0 Å². The molecule has 2 aromatic rings. The molecule has 0 spiro atoms. The van der Waals surface area contributed by atoms with Crippen LogP contribution in [-0.2, 0) is 18.8 Å². The lowest BCUT2D eigenvalue weighted by Gasteiger charge is -2.25. The SMILES string of the molecule is CCC(/N=[P+](\[O-])OC(Oc1ccc(Cl)cc1)[C@@H]1O[C@@H](n2ccc(=O)[nH]c2=O)[C@](C)(F)[C@@H]1O)C(=O)OC(C)C. The van der Waals surface area contributed by atoms with Gasteiger partial charge in [-0.3, -0.25) is 14.3 Å². The number of esters is 1. The van der Waals surface area contributed by atoms with E-state index in [0.717, 1.165) is 23.8 Å². The molecule has 7 atom stereocenters. The molecule has 3 rings (SSSR count). The summed E-state index contributed by atoms with van der Waals surface area (Å²) in [6.07, 6.45) is -6.30. The quantitative estimate of drug-likeness (QED) is 0.245. The number of aliphatic hydroxyl groups is 1. The molecular formula is C23H28ClFN3O9P. The Balaban J connectivity index is 1.94. The molecule has 1 fully saturated rings. The summed E-state index contributed by atoms with van der Waals surface area (Å²) in [6, 6.07) is 5.72. The monoisotopic (exact) mass is 575 g/mol. The highest BCUT2D eigenvalue weighted by molar-refractivity contribution is 7.33. The van der Waals surface area contributed by atoms with E-state index in [0.29, 0.717) is 5.02 Å². The van der Waals surface area contributed by atoms with Crippen LogP contribution in [0, 0.1) is 0 Å². The number of benzene rings is 1. The van der Waals surface area contributed by atoms with E-state index < -0.39 is 67.9 Å². The number of aliphatic hydroxyl groups excluding tert-OH is 1. The molecule has 0 aliphatic carbocycles. The number of nitrogens with one attached hydrogen (secondary N) is 1. The fourth-order valence-corrected chi connectivity index (χ4v) is 4.62. The number of hydrogen-bond donors (Lipinski definition) is 2. The average Bonchev–Trinajstić information content (AvgIpc) is 3.07. The zero-order valence-electron chi connectivity index (χ0n) is 20.9. The Labute approximate surface area is 222 Å². The molecule has 12 nitrogen and oxygen atoms in total. The van der Waals surface area contributed by atoms with Gasteiger partial charge in [-0.15, -0.1) is 4.52 Å². The van der Waals surface area contributed by atoms with E-state index in [1.807, 2.05) is 4.98 Å². The van der Waals surface area contributed by atoms with Gasteiger partial charge in [0.15, 0.2) is 24.0 Å². The fraction of sp³-hybridized carbons (Fsp3) is 0.522. The molecule has 0 amide bonds. The molecule has 2 N–H and O–H groups in total. The van der Waals surface area contributed by atoms with Gasteiger partial charge >= 0.3 is 19.8 Å². The van der Waals surface area contributed by atoms with Gasteiger partial charge in [-0.25, -0.2) is 14.0 Å². The highest BCUT2D eigenvalue weighted by Crippen LogP contribution is 2.43. The molecule has 1 saturated heterocycles. The zero-order valence-corrected chi connectivity index (χ0v) is 22.6. The third-order valence-electron chi connectivity index (χ3n) is 5.53. The van der Waals surface area contributed by atoms with Gasteiger partial charge < -0.3 is 24.2 Å². The Morgan fingerprint density at radius 1 is 1.34 bits per heavy atom. The number of hydrogen-bond acceptors (Lipinski definition) is 10. The topological polar surface area (TPSA) is 164 Å². The predicted octanol–water partition coefficient (Wildman–Crippen LogP) is 2.18. The van der Waals surface area contributed by atoms with Crippen molar-refractivity contribution in [1.82, 2.24) is 9.55 Å². The van der Waals surface area contributed by atoms with E-state index in [-0.39, 0.29) is 12.2 Å². The van der Waals surface area contributed by atoms with Crippen molar-refractivity contribution >= 4 is 25.7 Å². The summed E-state index contributed by atoms with van der Waals surface area (Å²) in [5.41, 5.74) is -4.28. The number of halogens is 2. The number of alkyl halides is 1. The minimum absolute atomic E-state index is 0.134. The first-order valence-electron chi connectivity index (χ1n) is 11.6. The molecule has 1 aromatic heterocycles. The van der Waals surface area contributed by atoms with Gasteiger partial charge in [0, 0.05) is 17.3 Å². The summed E-state index contributed by atoms with van der Waals surface area (Å²) in [6.45, 7) is 5.91. The van der Waals surface area contributed by atoms with E-state index in [4.69, 9.17) is 30.3 Å². The second-order valence-corrected chi connectivity index (χ2v) is 10.2. The summed E-state index contributed by atoms with van der Waals surface area (Å²) in [4.78, 5) is 50.8. The smallest absolute Gasteiger partial charge is 0.346 e. The maximum Gasteiger partial charge on any atom is 0.346 e. The normalized spacial score (nSPS) is 25.3. The fourth-order valence-electron chi connectivity index (χ4n) is 3.62. The summed E-state index contributed by atoms with van der Waals surface area (Å²) < 4.78 is 42.3. The number of H-pyrrole nitrogens is 1. The molecule has 3 unspecified atom stereocenters. The molecule has 0 saturated carbocycles. The van der Waals surface area contributed by atoms with Crippen molar-refractivity contribution < 1.29 is 37.9 Å². The molecule has 2 heterocycles. The van der Waals surface area contributed by atoms with Crippen LogP contribution in [0.2, 0.25) is 5.02 Å². The molecule has 15 heteroatoms. The standard InChI is InChI=1S/C23H28ClFN3O9P/c1-5-15(19(31)34-12(2)3)27-38(33)37-20(35-14-8-6-13(24)7-9-14)17-18(30)23(4,25)21(36-17)28-11-10-16(29)26-22(28)32/h6-12,15,17-18,20-21,30H,5H2,1-4H3,(H,26,29,32)/t15?,17-,18-,20?,21-,23-/m1/s1. The lowest BCUT2D eigenvalue weighted by Crippen LogP contribution is -2.46. The van der Waals surface area contributed by atoms with Gasteiger partial charge in [0.05, 0.1) is 6.10 Å². The number of aromatic amines is 1. The highest BCUT2D eigenvalue weighted by atomic mass is 35.5. The second kappa shape index (κ2) is 12.5. The molecule has 38 heavy (non-hydrogen) atoms. The highest BCUT2D eigenvalue weighted by Gasteiger charge is 2.59. The third-order valence-corrected chi connectivity index (χ3v) is 6.64. The van der Waals surface area contributed by atoms with E-state index in [1.54, 1.807) is 20.8 Å². The molecule has 0 bridgehead atoms. The van der Waals surface area contributed by atoms with Crippen molar-refractivity contribution in [2.75, 3.05) is 0 Å². The van der Waals surface area contributed by atoms with Gasteiger partial charge in [0.1, 0.15) is 11.9 Å². The molecule has 208 valence electrons. The number of nitrogens with zero attached hydrogens (tertiary/aromatic N) is 2. The first-order valence-corrected chi connectivity index (χ1v) is 13.2. The number of carbonyl (C=O) groups excluding carboxylic acids is 1. The molecule has 1 aliphatic heterocycles. The van der Waals surface area contributed by atoms with Crippen LogP contribution < -0.4 is 20.9 Å². The Morgan fingerprint density at radius 3 is 2.58 bits per heavy atom. The number of ether oxygens (including phenoxy) is 3. The van der Waals surface area contributed by atoms with Crippen LogP contribution in [-0.4, -0.2) is 56.9 Å². The first kappa shape index (κ1) is 29.9. The van der Waals surface area contributed by atoms with Gasteiger partial charge in [0.25, 0.3) is 11.8 Å². The minimum atomic E-state index is -2.98. The Kier molecular flexibility index (Phi) is 9.80. The Bertz CT molecular complexity index is 1270. The van der Waals surface area contributed by atoms with Crippen LogP contribution in [0.15, 0.2) is 50.9 Å². The van der Waals surface area contributed by atoms with Crippen molar-refractivity contribution in [3.8, 4) is 5.75 Å². The van der Waals surface area contributed by atoms with Crippen LogP contribution in [0.1, 0.15) is 40.3 Å². The van der Waals surface area contributed by atoms with Crippen molar-refractivity contribution in [2.45, 2.75) is 76.7 Å². The zero-order chi connectivity index (χ0) is 28.2. The van der Waals surface area contributed by atoms with Crippen molar-refractivity contribution in [3.05, 3.63) is 62.4 Å². The van der Waals surface area contributed by atoms with Gasteiger partial charge in [0.2, 0.25) is 0 Å². The van der Waals surface area contributed by atoms with Crippen LogP contribution >= 0.6 is 19.8 Å². The maximum atomic E-state index is 15.8. The summed E-state index contributed by atoms with van der Waals surface area (Å²) in [7, 11) is -2.98. The van der Waals surface area contributed by atoms with Gasteiger partial charge in [-0.05, 0) is 51.5 Å². The first-order chi connectivity index (χ1) is 17.8. The van der Waals surface area contributed by atoms with Crippen molar-refractivity contribution in [2.24, 2.45) is 4.74 Å². The van der Waals surface area contributed by atoms with Gasteiger partial charge in [-0.1, -0.05) is 23.3 Å². The summed E-state index contributed by atoms with van der Waals surface area (Å²) >= 11 is 5.91. The van der Waals surface area contributed by atoms with E-state index in [9.17, 15) is 24.4 Å². The van der Waals surface area contributed by atoms with E-state index in [1.165, 1.54) is 24.3 Å². The van der Waals surface area contributed by atoms with Crippen LogP contribution in [0.4, 0.5) is 4.39 Å². The number of carbonyl (C=O) groups is 1. The summed E-state index contributed by atoms with van der Waals surface area (Å²) in [5, 5.41) is 11.2. The Morgan fingerprint density at radius 2 is 2.00 bits per heavy atom. The minimum Gasteiger partial charge on any atom is -0.583 e. The van der Waals surface area contributed by atoms with Crippen LogP contribution in [0.5, 0.6) is 5.75 Å². The lowest BCUT2D eigenvalue weighted by molar-refractivity contribution is -0.206. The Hall–Kier alpha value is -2.67. The number of rotatable bonds is 10. The molecule has 0 radical (unpaired) electrons. The molecule has 1 aromatic carbocycles. The molecule has 1 aliphatic rings. The summed E-state index contributed by atoms with van der Waals surface area (Å²) in [5.74, 6) is -0.578. The van der Waals surface area contributed by atoms with Gasteiger partial charge in [-0.2, -0.15) is 0 Å². The predicted molar refractivity (Wildman–Crippen MR) is 132 cm³/mol. The maximum absolute atomic E-state index is 15.8.